The zero-order valence-electron chi connectivity index (χ0n) is 12.5. The number of hydrazine groups is 1. The summed E-state index contributed by atoms with van der Waals surface area (Å²) in [4.78, 5) is 4.87. The van der Waals surface area contributed by atoms with Crippen molar-refractivity contribution in [1.29, 1.82) is 0 Å². The Bertz CT molecular complexity index is 305. The van der Waals surface area contributed by atoms with Gasteiger partial charge in [0.05, 0.1) is 6.04 Å². The summed E-state index contributed by atoms with van der Waals surface area (Å²) in [5.74, 6) is 6.45. The molecule has 4 nitrogen and oxygen atoms in total. The summed E-state index contributed by atoms with van der Waals surface area (Å²) in [6, 6.07) is 0.943. The Morgan fingerprint density at radius 3 is 2.37 bits per heavy atom. The van der Waals surface area contributed by atoms with Gasteiger partial charge < -0.3 is 5.32 Å². The van der Waals surface area contributed by atoms with Gasteiger partial charge in [-0.2, -0.15) is 0 Å². The molecule has 2 fully saturated rings. The van der Waals surface area contributed by atoms with Gasteiger partial charge in [0.15, 0.2) is 0 Å². The van der Waals surface area contributed by atoms with E-state index in [-0.39, 0.29) is 0 Å². The lowest BCUT2D eigenvalue weighted by atomic mass is 9.73. The maximum atomic E-state index is 5.65. The van der Waals surface area contributed by atoms with Crippen molar-refractivity contribution in [1.82, 2.24) is 10.7 Å². The summed E-state index contributed by atoms with van der Waals surface area (Å²) in [7, 11) is 0. The van der Waals surface area contributed by atoms with Crippen LogP contribution in [0.2, 0.25) is 0 Å². The van der Waals surface area contributed by atoms with Gasteiger partial charge >= 0.3 is 0 Å². The van der Waals surface area contributed by atoms with E-state index >= 15 is 0 Å². The molecule has 0 heterocycles. The summed E-state index contributed by atoms with van der Waals surface area (Å²) in [5, 5.41) is 3.50. The number of nitrogens with two attached hydrogens (primary N) is 1. The molecule has 110 valence electrons. The molecule has 1 atom stereocenters. The Kier molecular flexibility index (Phi) is 5.08. The first-order chi connectivity index (χ1) is 9.12. The lowest BCUT2D eigenvalue weighted by molar-refractivity contribution is 0.203. The molecule has 4 N–H and O–H groups in total. The van der Waals surface area contributed by atoms with Gasteiger partial charge in [0.25, 0.3) is 0 Å². The van der Waals surface area contributed by atoms with Crippen LogP contribution in [-0.4, -0.2) is 18.0 Å². The van der Waals surface area contributed by atoms with Gasteiger partial charge in [-0.1, -0.05) is 46.0 Å². The van der Waals surface area contributed by atoms with E-state index in [1.165, 1.54) is 57.8 Å². The van der Waals surface area contributed by atoms with Crippen molar-refractivity contribution in [2.75, 3.05) is 0 Å². The van der Waals surface area contributed by atoms with Gasteiger partial charge in [0.2, 0.25) is 5.96 Å². The normalized spacial score (nSPS) is 29.0. The van der Waals surface area contributed by atoms with E-state index in [1.807, 2.05) is 0 Å². The zero-order valence-corrected chi connectivity index (χ0v) is 12.5. The van der Waals surface area contributed by atoms with Crippen molar-refractivity contribution in [3.8, 4) is 0 Å². The number of nitrogens with one attached hydrogen (secondary N) is 2. The van der Waals surface area contributed by atoms with Gasteiger partial charge in [0, 0.05) is 6.04 Å². The van der Waals surface area contributed by atoms with E-state index in [0.717, 1.165) is 5.96 Å². The predicted molar refractivity (Wildman–Crippen MR) is 80.8 cm³/mol. The highest BCUT2D eigenvalue weighted by atomic mass is 15.3. The Hall–Kier alpha value is -0.770. The fourth-order valence-electron chi connectivity index (χ4n) is 3.43. The van der Waals surface area contributed by atoms with Crippen molar-refractivity contribution < 1.29 is 0 Å². The van der Waals surface area contributed by atoms with E-state index in [1.54, 1.807) is 0 Å². The van der Waals surface area contributed by atoms with E-state index in [9.17, 15) is 0 Å². The van der Waals surface area contributed by atoms with Crippen molar-refractivity contribution in [2.45, 2.75) is 83.7 Å². The second-order valence-electron chi connectivity index (χ2n) is 6.85. The highest BCUT2D eigenvalue weighted by Crippen LogP contribution is 2.37. The van der Waals surface area contributed by atoms with Crippen molar-refractivity contribution in [3.63, 3.8) is 0 Å². The van der Waals surface area contributed by atoms with Crippen LogP contribution in [0, 0.1) is 5.41 Å². The molecule has 4 heteroatoms. The minimum Gasteiger partial charge on any atom is -0.353 e. The van der Waals surface area contributed by atoms with Gasteiger partial charge in [-0.3, -0.25) is 5.43 Å². The molecular weight excluding hydrogens is 236 g/mol. The Morgan fingerprint density at radius 1 is 1.05 bits per heavy atom. The SMILES string of the molecule is CC1(C)CCCCC1N=C(NN)NC1CCCCC1. The third-order valence-electron chi connectivity index (χ3n) is 4.82. The standard InChI is InChI=1S/C15H30N4/c1-15(2)11-7-6-10-13(15)18-14(19-16)17-12-8-4-3-5-9-12/h12-13H,3-11,16H2,1-2H3,(H2,17,18,19). The largest absolute Gasteiger partial charge is 0.353 e. The smallest absolute Gasteiger partial charge is 0.206 e. The first-order valence-electron chi connectivity index (χ1n) is 7.93. The second-order valence-corrected chi connectivity index (χ2v) is 6.85. The van der Waals surface area contributed by atoms with Crippen molar-refractivity contribution in [3.05, 3.63) is 0 Å². The van der Waals surface area contributed by atoms with Crippen molar-refractivity contribution in [2.24, 2.45) is 16.3 Å². The molecule has 0 spiro atoms. The summed E-state index contributed by atoms with van der Waals surface area (Å²) < 4.78 is 0. The molecule has 0 aromatic carbocycles. The molecule has 19 heavy (non-hydrogen) atoms. The van der Waals surface area contributed by atoms with Crippen molar-refractivity contribution >= 4 is 5.96 Å². The first-order valence-corrected chi connectivity index (χ1v) is 7.93. The molecule has 2 saturated carbocycles. The number of guanidine groups is 1. The lowest BCUT2D eigenvalue weighted by Crippen LogP contribution is -2.48. The number of hydrogen-bond acceptors (Lipinski definition) is 2. The second kappa shape index (κ2) is 6.60. The fraction of sp³-hybridized carbons (Fsp3) is 0.933. The predicted octanol–water partition coefficient (Wildman–Crippen LogP) is 2.70. The molecular formula is C15H30N4. The molecule has 0 aromatic rings. The van der Waals surface area contributed by atoms with Crippen LogP contribution < -0.4 is 16.6 Å². The molecule has 0 amide bonds. The number of hydrogen-bond donors (Lipinski definition) is 3. The van der Waals surface area contributed by atoms with Crippen LogP contribution in [0.15, 0.2) is 4.99 Å². The van der Waals surface area contributed by atoms with Gasteiger partial charge in [-0.15, -0.1) is 0 Å². The van der Waals surface area contributed by atoms with Crippen LogP contribution in [0.5, 0.6) is 0 Å². The van der Waals surface area contributed by atoms with Crippen LogP contribution >= 0.6 is 0 Å². The Labute approximate surface area is 117 Å². The third-order valence-corrected chi connectivity index (χ3v) is 4.82. The van der Waals surface area contributed by atoms with Crippen LogP contribution in [-0.2, 0) is 0 Å². The number of nitrogens with zero attached hydrogens (tertiary/aromatic N) is 1. The molecule has 1 unspecified atom stereocenters. The number of rotatable bonds is 2. The third kappa shape index (κ3) is 4.10. The lowest BCUT2D eigenvalue weighted by Gasteiger charge is -2.36. The van der Waals surface area contributed by atoms with Crippen LogP contribution in [0.1, 0.15) is 71.6 Å². The highest BCUT2D eigenvalue weighted by molar-refractivity contribution is 5.79. The Balaban J connectivity index is 1.96. The highest BCUT2D eigenvalue weighted by Gasteiger charge is 2.32. The van der Waals surface area contributed by atoms with Gasteiger partial charge in [-0.05, 0) is 31.1 Å². The van der Waals surface area contributed by atoms with E-state index in [0.29, 0.717) is 17.5 Å². The quantitative estimate of drug-likeness (QED) is 0.312. The monoisotopic (exact) mass is 266 g/mol. The van der Waals surface area contributed by atoms with Crippen LogP contribution in [0.3, 0.4) is 0 Å². The summed E-state index contributed by atoms with van der Waals surface area (Å²) in [5.41, 5.74) is 3.07. The Morgan fingerprint density at radius 2 is 1.74 bits per heavy atom. The molecule has 2 aliphatic rings. The van der Waals surface area contributed by atoms with E-state index in [4.69, 9.17) is 10.8 Å². The van der Waals surface area contributed by atoms with Gasteiger partial charge in [-0.25, -0.2) is 10.8 Å². The fourth-order valence-corrected chi connectivity index (χ4v) is 3.43. The molecule has 2 rings (SSSR count). The molecule has 0 saturated heterocycles. The topological polar surface area (TPSA) is 62.4 Å². The molecule has 2 aliphatic carbocycles. The molecule has 0 bridgehead atoms. The number of aliphatic imine (C=N–C) groups is 1. The summed E-state index contributed by atoms with van der Waals surface area (Å²) >= 11 is 0. The minimum absolute atomic E-state index is 0.300. The summed E-state index contributed by atoms with van der Waals surface area (Å²) in [6.07, 6.45) is 11.6. The molecule has 0 aliphatic heterocycles. The van der Waals surface area contributed by atoms with E-state index in [2.05, 4.69) is 24.6 Å². The average molecular weight is 266 g/mol. The minimum atomic E-state index is 0.300. The first kappa shape index (κ1) is 14.6. The van der Waals surface area contributed by atoms with Crippen LogP contribution in [0.4, 0.5) is 0 Å². The zero-order chi connectivity index (χ0) is 13.7. The van der Waals surface area contributed by atoms with E-state index < -0.39 is 0 Å². The summed E-state index contributed by atoms with van der Waals surface area (Å²) in [6.45, 7) is 4.66. The molecule has 0 aromatic heterocycles. The van der Waals surface area contributed by atoms with Crippen LogP contribution in [0.25, 0.3) is 0 Å². The maximum Gasteiger partial charge on any atom is 0.206 e. The maximum absolute atomic E-state index is 5.65. The van der Waals surface area contributed by atoms with Gasteiger partial charge in [0.1, 0.15) is 0 Å². The average Bonchev–Trinajstić information content (AvgIpc) is 2.41. The molecule has 0 radical (unpaired) electrons.